The van der Waals surface area contributed by atoms with Crippen molar-refractivity contribution in [3.8, 4) is 55.6 Å². The fourth-order valence-corrected chi connectivity index (χ4v) is 8.76. The molecule has 6 rings (SSSR count). The molecule has 12 N–H and O–H groups in total. The van der Waals surface area contributed by atoms with E-state index in [1.807, 2.05) is 152 Å². The second-order valence-electron chi connectivity index (χ2n) is 20.8. The lowest BCUT2D eigenvalue weighted by Crippen LogP contribution is -2.36. The van der Waals surface area contributed by atoms with Gasteiger partial charge in [0, 0.05) is 22.7 Å². The summed E-state index contributed by atoms with van der Waals surface area (Å²) in [6, 6.07) is 40.8. The Hall–Kier alpha value is -6.96. The Labute approximate surface area is 426 Å². The number of hydrogen-bond acceptors (Lipinski definition) is 8. The van der Waals surface area contributed by atoms with E-state index in [2.05, 4.69) is 57.7 Å². The number of anilines is 4. The van der Waals surface area contributed by atoms with Gasteiger partial charge in [0.05, 0.1) is 24.2 Å². The quantitative estimate of drug-likeness (QED) is 0.0346. The SMILES string of the molecule is CC(C)C[C@H](N)C(=O)Nc1cccc(-c2cc(-c3cccc(NC(=O)[C@@H](N)CC(C)C)c3)cc(-c3cc(-c4cccc(NC(=O)[C@@H](N)CC(C)C)c4)cc(-c4cccc(NC(=O)[C@@H](N)CC(C)C)c4)c3)c2)c1. The minimum atomic E-state index is -0.656. The summed E-state index contributed by atoms with van der Waals surface area (Å²) in [6.07, 6.45) is 2.21. The van der Waals surface area contributed by atoms with Crippen molar-refractivity contribution in [3.63, 3.8) is 0 Å². The number of carbonyl (C=O) groups is 4. The molecule has 6 aromatic carbocycles. The van der Waals surface area contributed by atoms with Crippen LogP contribution in [-0.4, -0.2) is 47.8 Å². The van der Waals surface area contributed by atoms with E-state index >= 15 is 0 Å². The van der Waals surface area contributed by atoms with Crippen LogP contribution in [0.5, 0.6) is 0 Å². The van der Waals surface area contributed by atoms with Crippen LogP contribution in [0.2, 0.25) is 0 Å². The zero-order valence-corrected chi connectivity index (χ0v) is 43.1. The predicted molar refractivity (Wildman–Crippen MR) is 298 cm³/mol. The standard InChI is InChI=1S/C60H74N8O4/c1-35(2)21-53(61)57(69)65-49-17-9-13-39(31-49)43-25-44(40-14-10-18-50(32-40)66-58(70)54(62)22-36(3)4)28-47(27-43)48-29-45(41-15-11-19-51(33-41)67-59(71)55(63)23-37(5)6)26-46(30-48)42-16-12-20-52(34-42)68-60(72)56(64)24-38(7)8/h9-20,25-38,53-56H,21-24,61-64H2,1-8H3,(H,65,69)(H,66,70)(H,67,71)(H,68,72)/t53-,54-,55-,56-/m0/s1. The first-order chi connectivity index (χ1) is 34.2. The highest BCUT2D eigenvalue weighted by atomic mass is 16.2. The molecule has 0 aliphatic heterocycles. The molecule has 0 radical (unpaired) electrons. The first kappa shape index (κ1) is 54.4. The Balaban J connectivity index is 1.52. The molecule has 6 aromatic rings. The molecule has 4 atom stereocenters. The summed E-state index contributed by atoms with van der Waals surface area (Å²) in [6.45, 7) is 16.3. The van der Waals surface area contributed by atoms with Gasteiger partial charge >= 0.3 is 0 Å². The van der Waals surface area contributed by atoms with E-state index in [0.717, 1.165) is 55.6 Å². The van der Waals surface area contributed by atoms with Crippen LogP contribution in [0.15, 0.2) is 133 Å². The molecule has 0 spiro atoms. The van der Waals surface area contributed by atoms with Gasteiger partial charge < -0.3 is 44.2 Å². The molecular formula is C60H74N8O4. The largest absolute Gasteiger partial charge is 0.325 e. The lowest BCUT2D eigenvalue weighted by molar-refractivity contribution is -0.118. The molecule has 12 nitrogen and oxygen atoms in total. The summed E-state index contributed by atoms with van der Waals surface area (Å²) in [5.74, 6) is 0.0116. The molecule has 72 heavy (non-hydrogen) atoms. The average Bonchev–Trinajstić information content (AvgIpc) is 3.33. The molecule has 0 saturated carbocycles. The fourth-order valence-electron chi connectivity index (χ4n) is 8.76. The van der Waals surface area contributed by atoms with E-state index in [9.17, 15) is 19.2 Å². The zero-order valence-electron chi connectivity index (χ0n) is 43.1. The van der Waals surface area contributed by atoms with Gasteiger partial charge in [-0.3, -0.25) is 19.2 Å². The summed E-state index contributed by atoms with van der Waals surface area (Å²) in [5.41, 5.74) is 36.3. The molecule has 0 heterocycles. The molecule has 0 aromatic heterocycles. The molecule has 0 bridgehead atoms. The number of amides is 4. The second kappa shape index (κ2) is 24.9. The third kappa shape index (κ3) is 15.5. The maximum absolute atomic E-state index is 13.2. The van der Waals surface area contributed by atoms with Gasteiger partial charge in [-0.15, -0.1) is 0 Å². The Morgan fingerprint density at radius 2 is 0.486 bits per heavy atom. The highest BCUT2D eigenvalue weighted by Gasteiger charge is 2.20. The summed E-state index contributed by atoms with van der Waals surface area (Å²) >= 11 is 0. The van der Waals surface area contributed by atoms with Gasteiger partial charge in [0.25, 0.3) is 0 Å². The lowest BCUT2D eigenvalue weighted by atomic mass is 9.89. The summed E-state index contributed by atoms with van der Waals surface area (Å²) in [7, 11) is 0. The average molecular weight is 971 g/mol. The molecule has 0 unspecified atom stereocenters. The fraction of sp³-hybridized carbons (Fsp3) is 0.333. The summed E-state index contributed by atoms with van der Waals surface area (Å²) in [5, 5.41) is 12.1. The monoisotopic (exact) mass is 971 g/mol. The number of rotatable bonds is 21. The van der Waals surface area contributed by atoms with Crippen molar-refractivity contribution in [1.29, 1.82) is 0 Å². The van der Waals surface area contributed by atoms with Gasteiger partial charge in [0.1, 0.15) is 0 Å². The van der Waals surface area contributed by atoms with Gasteiger partial charge in [-0.2, -0.15) is 0 Å². The second-order valence-corrected chi connectivity index (χ2v) is 20.8. The van der Waals surface area contributed by atoms with Gasteiger partial charge in [-0.25, -0.2) is 0 Å². The van der Waals surface area contributed by atoms with Crippen LogP contribution in [0, 0.1) is 23.7 Å². The molecule has 378 valence electrons. The summed E-state index contributed by atoms with van der Waals surface area (Å²) in [4.78, 5) is 52.9. The van der Waals surface area contributed by atoms with Crippen LogP contribution < -0.4 is 44.2 Å². The van der Waals surface area contributed by atoms with Gasteiger partial charge in [0.15, 0.2) is 0 Å². The van der Waals surface area contributed by atoms with Crippen molar-refractivity contribution >= 4 is 46.4 Å². The van der Waals surface area contributed by atoms with Crippen LogP contribution in [-0.2, 0) is 19.2 Å². The van der Waals surface area contributed by atoms with E-state index in [4.69, 9.17) is 22.9 Å². The Bertz CT molecular complexity index is 2480. The van der Waals surface area contributed by atoms with Crippen LogP contribution in [0.25, 0.3) is 55.6 Å². The highest BCUT2D eigenvalue weighted by Crippen LogP contribution is 2.39. The van der Waals surface area contributed by atoms with Crippen LogP contribution in [0.1, 0.15) is 81.1 Å². The van der Waals surface area contributed by atoms with Crippen molar-refractivity contribution in [2.24, 2.45) is 46.6 Å². The molecule has 4 amide bonds. The van der Waals surface area contributed by atoms with Gasteiger partial charge in [-0.05, 0) is 190 Å². The van der Waals surface area contributed by atoms with Crippen LogP contribution >= 0.6 is 0 Å². The smallest absolute Gasteiger partial charge is 0.241 e. The summed E-state index contributed by atoms with van der Waals surface area (Å²) < 4.78 is 0. The molecule has 0 aliphatic rings. The first-order valence-corrected chi connectivity index (χ1v) is 25.2. The van der Waals surface area contributed by atoms with Crippen LogP contribution in [0.3, 0.4) is 0 Å². The number of hydrogen-bond donors (Lipinski definition) is 8. The third-order valence-electron chi connectivity index (χ3n) is 12.3. The maximum atomic E-state index is 13.2. The van der Waals surface area contributed by atoms with Crippen molar-refractivity contribution < 1.29 is 19.2 Å². The highest BCUT2D eigenvalue weighted by molar-refractivity contribution is 5.98. The van der Waals surface area contributed by atoms with E-state index in [-0.39, 0.29) is 47.3 Å². The van der Waals surface area contributed by atoms with Gasteiger partial charge in [0.2, 0.25) is 23.6 Å². The molecule has 0 aliphatic carbocycles. The number of nitrogens with two attached hydrogens (primary N) is 4. The molecular weight excluding hydrogens is 897 g/mol. The number of carbonyl (C=O) groups excluding carboxylic acids is 4. The van der Waals surface area contributed by atoms with Crippen molar-refractivity contribution in [2.45, 2.75) is 105 Å². The third-order valence-corrected chi connectivity index (χ3v) is 12.3. The Morgan fingerprint density at radius 3 is 0.667 bits per heavy atom. The van der Waals surface area contributed by atoms with Crippen molar-refractivity contribution in [3.05, 3.63) is 133 Å². The van der Waals surface area contributed by atoms with E-state index in [1.165, 1.54) is 0 Å². The minimum absolute atomic E-state index is 0.254. The van der Waals surface area contributed by atoms with E-state index in [0.29, 0.717) is 48.4 Å². The number of nitrogens with one attached hydrogen (secondary N) is 4. The minimum Gasteiger partial charge on any atom is -0.325 e. The normalized spacial score (nSPS) is 13.2. The first-order valence-electron chi connectivity index (χ1n) is 25.2. The topological polar surface area (TPSA) is 220 Å². The molecule has 12 heteroatoms. The Kier molecular flexibility index (Phi) is 18.8. The van der Waals surface area contributed by atoms with Crippen molar-refractivity contribution in [2.75, 3.05) is 21.3 Å². The molecule has 0 saturated heterocycles. The maximum Gasteiger partial charge on any atom is 0.241 e. The Morgan fingerprint density at radius 1 is 0.306 bits per heavy atom. The van der Waals surface area contributed by atoms with Crippen LogP contribution in [0.4, 0.5) is 22.7 Å². The lowest BCUT2D eigenvalue weighted by Gasteiger charge is -2.18. The van der Waals surface area contributed by atoms with Crippen molar-refractivity contribution in [1.82, 2.24) is 0 Å². The predicted octanol–water partition coefficient (Wildman–Crippen LogP) is 11.3. The number of benzene rings is 6. The molecule has 0 fully saturated rings. The van der Waals surface area contributed by atoms with E-state index in [1.54, 1.807) is 0 Å². The van der Waals surface area contributed by atoms with Gasteiger partial charge in [-0.1, -0.05) is 104 Å². The zero-order chi connectivity index (χ0) is 52.2. The van der Waals surface area contributed by atoms with E-state index < -0.39 is 24.2 Å².